The lowest BCUT2D eigenvalue weighted by Gasteiger charge is -2.54. The maximum atomic E-state index is 13.3. The van der Waals surface area contributed by atoms with Crippen LogP contribution in [0.4, 0.5) is 0 Å². The molecule has 6 saturated heterocycles. The molecule has 14 nitrogen and oxygen atoms in total. The van der Waals surface area contributed by atoms with Gasteiger partial charge in [0.15, 0.2) is 29.4 Å². The fourth-order valence-corrected chi connectivity index (χ4v) is 11.5. The van der Waals surface area contributed by atoms with Gasteiger partial charge in [0.25, 0.3) is 0 Å². The molecule has 6 fully saturated rings. The van der Waals surface area contributed by atoms with Crippen LogP contribution in [0.3, 0.4) is 0 Å². The average molecular weight is 853 g/mol. The van der Waals surface area contributed by atoms with Crippen LogP contribution in [0.2, 0.25) is 0 Å². The summed E-state index contributed by atoms with van der Waals surface area (Å²) in [7, 11) is 0. The Balaban J connectivity index is 1.24. The Bertz CT molecular complexity index is 1560. The molecule has 60 heavy (non-hydrogen) atoms. The van der Waals surface area contributed by atoms with Crippen LogP contribution >= 0.6 is 0 Å². The number of ketones is 1. The quantitative estimate of drug-likeness (QED) is 0.154. The highest BCUT2D eigenvalue weighted by molar-refractivity contribution is 5.96. The second-order valence-corrected chi connectivity index (χ2v) is 20.4. The van der Waals surface area contributed by atoms with Crippen LogP contribution in [0.1, 0.15) is 134 Å². The van der Waals surface area contributed by atoms with E-state index in [1.807, 2.05) is 40.7 Å². The SMILES string of the molecule is C/C(=C\[C@H](C)[C@H]1O[C@@]2(CC[C@@](C)([C@H]3C[C@H](O[C@H]4CC[C@H](O)[C@@H](C)O4)[C@@H](C)[C@@]4(O[C@@H]([C@H]5O[C@@](O)(CO)[C@H](C)C[C@@H]5C)C[C@@H]4C)O3)O2)C[C@H](O)[C@H]1C)C(=O)[C@H](C)C[C@H](C)C(=O)O. The van der Waals surface area contributed by atoms with Crippen molar-refractivity contribution in [2.24, 2.45) is 47.3 Å². The van der Waals surface area contributed by atoms with E-state index in [0.29, 0.717) is 50.5 Å². The lowest BCUT2D eigenvalue weighted by molar-refractivity contribution is -0.390. The van der Waals surface area contributed by atoms with E-state index in [0.717, 1.165) is 0 Å². The first-order valence-corrected chi connectivity index (χ1v) is 22.8. The Morgan fingerprint density at radius 1 is 0.883 bits per heavy atom. The van der Waals surface area contributed by atoms with E-state index in [-0.39, 0.29) is 66.3 Å². The van der Waals surface area contributed by atoms with Gasteiger partial charge in [0, 0.05) is 61.2 Å². The van der Waals surface area contributed by atoms with E-state index in [9.17, 15) is 35.1 Å². The largest absolute Gasteiger partial charge is 0.481 e. The monoisotopic (exact) mass is 853 g/mol. The number of carbonyl (C=O) groups is 2. The lowest BCUT2D eigenvalue weighted by Crippen LogP contribution is -2.63. The number of hydrogen-bond donors (Lipinski definition) is 5. The molecule has 21 atom stereocenters. The van der Waals surface area contributed by atoms with Crippen molar-refractivity contribution in [1.82, 2.24) is 0 Å². The number of allylic oxidation sites excluding steroid dienone is 1. The number of aliphatic carboxylic acids is 1. The number of aliphatic hydroxyl groups excluding tert-OH is 3. The first-order valence-electron chi connectivity index (χ1n) is 22.8. The highest BCUT2D eigenvalue weighted by atomic mass is 16.8. The fourth-order valence-electron chi connectivity index (χ4n) is 11.5. The zero-order valence-corrected chi connectivity index (χ0v) is 37.9. The zero-order chi connectivity index (χ0) is 44.3. The van der Waals surface area contributed by atoms with Crippen molar-refractivity contribution in [2.45, 2.75) is 212 Å². The molecular formula is C46H76O14. The van der Waals surface area contributed by atoms with Crippen molar-refractivity contribution in [3.8, 4) is 0 Å². The molecule has 0 radical (unpaired) electrons. The number of ether oxygens (including phenoxy) is 7. The number of Topliss-reactive ketones (excluding diaryl/α,β-unsaturated/α-hetero) is 1. The van der Waals surface area contributed by atoms with E-state index in [2.05, 4.69) is 20.8 Å². The minimum absolute atomic E-state index is 0.0494. The van der Waals surface area contributed by atoms with Gasteiger partial charge in [-0.3, -0.25) is 9.59 Å². The molecule has 0 aromatic rings. The van der Waals surface area contributed by atoms with Gasteiger partial charge in [-0.15, -0.1) is 0 Å². The third-order valence-electron chi connectivity index (χ3n) is 15.6. The summed E-state index contributed by atoms with van der Waals surface area (Å²) in [5.74, 6) is -7.16. The van der Waals surface area contributed by atoms with Gasteiger partial charge in [0.2, 0.25) is 0 Å². The third-order valence-corrected chi connectivity index (χ3v) is 15.6. The minimum atomic E-state index is -1.67. The molecule has 2 spiro atoms. The summed E-state index contributed by atoms with van der Waals surface area (Å²) < 4.78 is 47.8. The van der Waals surface area contributed by atoms with Crippen LogP contribution in [-0.4, -0.2) is 122 Å². The van der Waals surface area contributed by atoms with Gasteiger partial charge in [-0.05, 0) is 64.4 Å². The number of aliphatic hydroxyl groups is 4. The van der Waals surface area contributed by atoms with Crippen molar-refractivity contribution >= 4 is 11.8 Å². The van der Waals surface area contributed by atoms with Crippen LogP contribution in [-0.2, 0) is 42.7 Å². The molecule has 0 amide bonds. The molecule has 344 valence electrons. The van der Waals surface area contributed by atoms with Crippen molar-refractivity contribution in [3.63, 3.8) is 0 Å². The molecule has 0 unspecified atom stereocenters. The first kappa shape index (κ1) is 47.9. The van der Waals surface area contributed by atoms with Crippen molar-refractivity contribution in [2.75, 3.05) is 6.61 Å². The smallest absolute Gasteiger partial charge is 0.306 e. The summed E-state index contributed by atoms with van der Waals surface area (Å²) in [5, 5.41) is 52.8. The van der Waals surface area contributed by atoms with Gasteiger partial charge in [0.1, 0.15) is 0 Å². The molecule has 5 N–H and O–H groups in total. The van der Waals surface area contributed by atoms with Gasteiger partial charge in [-0.1, -0.05) is 61.5 Å². The molecule has 0 aromatic carbocycles. The number of carboxylic acids is 1. The highest BCUT2D eigenvalue weighted by Crippen LogP contribution is 2.56. The van der Waals surface area contributed by atoms with E-state index in [4.69, 9.17) is 33.2 Å². The van der Waals surface area contributed by atoms with Gasteiger partial charge < -0.3 is 58.7 Å². The summed E-state index contributed by atoms with van der Waals surface area (Å²) in [6, 6.07) is 0. The second kappa shape index (κ2) is 18.1. The van der Waals surface area contributed by atoms with Crippen LogP contribution in [0, 0.1) is 47.3 Å². The van der Waals surface area contributed by atoms with Crippen LogP contribution in [0.25, 0.3) is 0 Å². The van der Waals surface area contributed by atoms with Crippen molar-refractivity contribution < 1.29 is 68.3 Å². The maximum absolute atomic E-state index is 13.3. The number of carbonyl (C=O) groups excluding carboxylic acids is 1. The fraction of sp³-hybridized carbons (Fsp3) is 0.913. The van der Waals surface area contributed by atoms with Crippen molar-refractivity contribution in [3.05, 3.63) is 11.6 Å². The molecule has 6 rings (SSSR count). The molecular weight excluding hydrogens is 776 g/mol. The van der Waals surface area contributed by atoms with Crippen LogP contribution in [0.5, 0.6) is 0 Å². The van der Waals surface area contributed by atoms with Gasteiger partial charge >= 0.3 is 5.97 Å². The Labute approximate surface area is 357 Å². The maximum Gasteiger partial charge on any atom is 0.306 e. The molecule has 0 aromatic heterocycles. The summed E-state index contributed by atoms with van der Waals surface area (Å²) in [5.41, 5.74) is -0.353. The number of carboxylic acid groups (broad SMARTS) is 1. The molecule has 14 heteroatoms. The van der Waals surface area contributed by atoms with E-state index < -0.39 is 90.3 Å². The van der Waals surface area contributed by atoms with Gasteiger partial charge in [0.05, 0.1) is 67.0 Å². The van der Waals surface area contributed by atoms with E-state index >= 15 is 0 Å². The Kier molecular flexibility index (Phi) is 14.5. The molecule has 6 aliphatic heterocycles. The molecule has 0 saturated carbocycles. The van der Waals surface area contributed by atoms with Gasteiger partial charge in [-0.25, -0.2) is 0 Å². The van der Waals surface area contributed by atoms with Gasteiger partial charge in [-0.2, -0.15) is 0 Å². The Morgan fingerprint density at radius 3 is 2.23 bits per heavy atom. The Morgan fingerprint density at radius 2 is 1.58 bits per heavy atom. The van der Waals surface area contributed by atoms with Crippen molar-refractivity contribution in [1.29, 1.82) is 0 Å². The molecule has 0 bridgehead atoms. The summed E-state index contributed by atoms with van der Waals surface area (Å²) in [6.07, 6.45) is 1.76. The summed E-state index contributed by atoms with van der Waals surface area (Å²) >= 11 is 0. The van der Waals surface area contributed by atoms with E-state index in [1.54, 1.807) is 20.8 Å². The van der Waals surface area contributed by atoms with E-state index in [1.165, 1.54) is 0 Å². The third kappa shape index (κ3) is 9.32. The lowest BCUT2D eigenvalue weighted by atomic mass is 9.76. The number of rotatable bonds is 12. The average Bonchev–Trinajstić information content (AvgIpc) is 3.69. The molecule has 6 heterocycles. The Hall–Kier alpha value is -1.56. The molecule has 6 aliphatic rings. The topological polar surface area (TPSA) is 200 Å². The summed E-state index contributed by atoms with van der Waals surface area (Å²) in [4.78, 5) is 24.8. The summed E-state index contributed by atoms with van der Waals surface area (Å²) in [6.45, 7) is 20.6. The predicted octanol–water partition coefficient (Wildman–Crippen LogP) is 5.50. The number of hydrogen-bond acceptors (Lipinski definition) is 13. The highest BCUT2D eigenvalue weighted by Gasteiger charge is 2.65. The predicted molar refractivity (Wildman–Crippen MR) is 219 cm³/mol. The van der Waals surface area contributed by atoms with Crippen LogP contribution in [0.15, 0.2) is 11.6 Å². The standard InChI is InChI=1S/C46H76O14/c1-23(39(50)24(2)17-27(5)42(51)52)16-25(3)40-30(8)34(49)21-44(58-40)15-14-43(11,60-44)37-20-35(55-38-13-12-33(48)32(10)54-38)31(9)46(57-37)29(7)19-36(56-46)41-26(4)18-28(6)45(53,22-47)59-41/h16,24-38,40-41,47-49,53H,12-15,17-22H2,1-11H3,(H,51,52)/b23-16+/t24-,25+,26+,27+,28-,29+,30-,31-,32-,33+,34+,35+,36-,37-,38+,40-,41+,43+,44-,45+,46+/m1/s1. The normalized spacial score (nSPS) is 49.2. The van der Waals surface area contributed by atoms with Crippen LogP contribution < -0.4 is 0 Å². The minimum Gasteiger partial charge on any atom is -0.481 e. The first-order chi connectivity index (χ1) is 28.0. The zero-order valence-electron chi connectivity index (χ0n) is 37.9. The molecule has 0 aliphatic carbocycles. The second-order valence-electron chi connectivity index (χ2n) is 20.4.